The average molecular weight is 446 g/mol. The van der Waals surface area contributed by atoms with Crippen LogP contribution < -0.4 is 4.74 Å². The molecule has 1 aliphatic heterocycles. The summed E-state index contributed by atoms with van der Waals surface area (Å²) in [6.07, 6.45) is 4.00. The predicted octanol–water partition coefficient (Wildman–Crippen LogP) is 5.12. The van der Waals surface area contributed by atoms with Crippen molar-refractivity contribution in [1.82, 2.24) is 4.90 Å². The van der Waals surface area contributed by atoms with E-state index in [9.17, 15) is 14.7 Å². The summed E-state index contributed by atoms with van der Waals surface area (Å²) in [5, 5.41) is 11.2. The Morgan fingerprint density at radius 2 is 1.88 bits per heavy atom. The van der Waals surface area contributed by atoms with E-state index in [4.69, 9.17) is 9.15 Å². The molecule has 0 radical (unpaired) electrons. The molecule has 1 atom stereocenters. The van der Waals surface area contributed by atoms with Crippen molar-refractivity contribution in [3.63, 3.8) is 0 Å². The lowest BCUT2D eigenvalue weighted by molar-refractivity contribution is -0.140. The van der Waals surface area contributed by atoms with Gasteiger partial charge in [0, 0.05) is 12.1 Å². The van der Waals surface area contributed by atoms with Gasteiger partial charge < -0.3 is 19.2 Å². The summed E-state index contributed by atoms with van der Waals surface area (Å²) in [7, 11) is 0. The highest BCUT2D eigenvalue weighted by Crippen LogP contribution is 2.40. The molecule has 2 heterocycles. The van der Waals surface area contributed by atoms with Gasteiger partial charge in [-0.1, -0.05) is 55.8 Å². The standard InChI is InChI=1S/C27H27NO5/c1-2-3-16-32-21-12-7-11-20(18-21)25(29)23-24(22-13-8-17-33-22)28(27(31)26(23)30)15-14-19-9-5-4-6-10-19/h4-13,17-18,24,29H,2-3,14-16H2,1H3/b25-23+. The number of carbonyl (C=O) groups excluding carboxylic acids is 2. The minimum atomic E-state index is -0.798. The van der Waals surface area contributed by atoms with Gasteiger partial charge in [-0.2, -0.15) is 0 Å². The summed E-state index contributed by atoms with van der Waals surface area (Å²) in [5.41, 5.74) is 1.49. The smallest absolute Gasteiger partial charge is 0.295 e. The lowest BCUT2D eigenvalue weighted by Crippen LogP contribution is -2.31. The first-order valence-electron chi connectivity index (χ1n) is 11.2. The fourth-order valence-corrected chi connectivity index (χ4v) is 3.97. The topological polar surface area (TPSA) is 80.0 Å². The Balaban J connectivity index is 1.68. The molecule has 1 unspecified atom stereocenters. The zero-order valence-corrected chi connectivity index (χ0v) is 18.6. The van der Waals surface area contributed by atoms with E-state index in [1.54, 1.807) is 36.4 Å². The van der Waals surface area contributed by atoms with Crippen LogP contribution in [0.4, 0.5) is 0 Å². The molecule has 33 heavy (non-hydrogen) atoms. The van der Waals surface area contributed by atoms with Gasteiger partial charge in [0.1, 0.15) is 23.3 Å². The third-order valence-corrected chi connectivity index (χ3v) is 5.71. The highest BCUT2D eigenvalue weighted by atomic mass is 16.5. The van der Waals surface area contributed by atoms with Crippen LogP contribution in [0.3, 0.4) is 0 Å². The van der Waals surface area contributed by atoms with Crippen molar-refractivity contribution in [2.75, 3.05) is 13.2 Å². The second-order valence-corrected chi connectivity index (χ2v) is 7.97. The molecule has 3 aromatic rings. The van der Waals surface area contributed by atoms with Crippen LogP contribution in [0, 0.1) is 0 Å². The third-order valence-electron chi connectivity index (χ3n) is 5.71. The van der Waals surface area contributed by atoms with Crippen LogP contribution in [0.5, 0.6) is 5.75 Å². The Labute approximate surface area is 193 Å². The minimum absolute atomic E-state index is 0.0220. The van der Waals surface area contributed by atoms with Gasteiger partial charge in [0.2, 0.25) is 0 Å². The minimum Gasteiger partial charge on any atom is -0.507 e. The maximum atomic E-state index is 13.1. The first kappa shape index (κ1) is 22.4. The summed E-state index contributed by atoms with van der Waals surface area (Å²) in [6, 6.07) is 19.3. The molecule has 6 heteroatoms. The molecule has 1 aliphatic rings. The fourth-order valence-electron chi connectivity index (χ4n) is 3.97. The number of carbonyl (C=O) groups is 2. The maximum absolute atomic E-state index is 13.1. The second-order valence-electron chi connectivity index (χ2n) is 7.97. The quantitative estimate of drug-likeness (QED) is 0.214. The van der Waals surface area contributed by atoms with Crippen LogP contribution in [0.25, 0.3) is 5.76 Å². The van der Waals surface area contributed by atoms with Crippen LogP contribution in [0.2, 0.25) is 0 Å². The number of aliphatic hydroxyl groups excluding tert-OH is 1. The SMILES string of the molecule is CCCCOc1cccc(/C(O)=C2\C(=O)C(=O)N(CCc3ccccc3)C2c2ccco2)c1. The van der Waals surface area contributed by atoms with Gasteiger partial charge >= 0.3 is 0 Å². The van der Waals surface area contributed by atoms with Crippen LogP contribution in [-0.2, 0) is 16.0 Å². The van der Waals surface area contributed by atoms with E-state index < -0.39 is 17.7 Å². The Bertz CT molecular complexity index is 1130. The molecule has 2 aromatic carbocycles. The average Bonchev–Trinajstić information content (AvgIpc) is 3.45. The first-order valence-corrected chi connectivity index (χ1v) is 11.2. The third kappa shape index (κ3) is 4.85. The molecule has 1 aromatic heterocycles. The maximum Gasteiger partial charge on any atom is 0.295 e. The molecule has 4 rings (SSSR count). The van der Waals surface area contributed by atoms with Crippen molar-refractivity contribution in [1.29, 1.82) is 0 Å². The molecular weight excluding hydrogens is 418 g/mol. The van der Waals surface area contributed by atoms with Crippen LogP contribution in [0.1, 0.15) is 42.7 Å². The monoisotopic (exact) mass is 445 g/mol. The number of furan rings is 1. The highest BCUT2D eigenvalue weighted by Gasteiger charge is 2.47. The second kappa shape index (κ2) is 10.2. The van der Waals surface area contributed by atoms with Gasteiger partial charge in [-0.05, 0) is 42.7 Å². The predicted molar refractivity (Wildman–Crippen MR) is 125 cm³/mol. The molecular formula is C27H27NO5. The van der Waals surface area contributed by atoms with Gasteiger partial charge in [-0.25, -0.2) is 0 Å². The van der Waals surface area contributed by atoms with E-state index in [-0.39, 0.29) is 11.3 Å². The number of nitrogens with zero attached hydrogens (tertiary/aromatic N) is 1. The Morgan fingerprint density at radius 1 is 1.06 bits per heavy atom. The normalized spacial score (nSPS) is 17.5. The van der Waals surface area contributed by atoms with E-state index in [2.05, 4.69) is 6.92 Å². The van der Waals surface area contributed by atoms with E-state index >= 15 is 0 Å². The van der Waals surface area contributed by atoms with Gasteiger partial charge in [0.25, 0.3) is 11.7 Å². The molecule has 0 saturated carbocycles. The number of hydrogen-bond donors (Lipinski definition) is 1. The molecule has 1 fully saturated rings. The lowest BCUT2D eigenvalue weighted by Gasteiger charge is -2.23. The largest absolute Gasteiger partial charge is 0.507 e. The zero-order chi connectivity index (χ0) is 23.2. The number of ketones is 1. The van der Waals surface area contributed by atoms with E-state index in [1.165, 1.54) is 11.2 Å². The van der Waals surface area contributed by atoms with Crippen molar-refractivity contribution < 1.29 is 23.8 Å². The molecule has 1 N–H and O–H groups in total. The summed E-state index contributed by atoms with van der Waals surface area (Å²) in [4.78, 5) is 27.5. The summed E-state index contributed by atoms with van der Waals surface area (Å²) >= 11 is 0. The number of ether oxygens (including phenoxy) is 1. The molecule has 0 aliphatic carbocycles. The van der Waals surface area contributed by atoms with Crippen molar-refractivity contribution in [2.45, 2.75) is 32.2 Å². The van der Waals surface area contributed by atoms with E-state index in [0.29, 0.717) is 36.6 Å². The summed E-state index contributed by atoms with van der Waals surface area (Å²) in [6.45, 7) is 2.96. The summed E-state index contributed by atoms with van der Waals surface area (Å²) < 4.78 is 11.3. The Morgan fingerprint density at radius 3 is 2.61 bits per heavy atom. The zero-order valence-electron chi connectivity index (χ0n) is 18.6. The van der Waals surface area contributed by atoms with E-state index in [1.807, 2.05) is 30.3 Å². The van der Waals surface area contributed by atoms with Crippen molar-refractivity contribution in [3.05, 3.63) is 95.5 Å². The Hall–Kier alpha value is -3.80. The molecule has 1 saturated heterocycles. The van der Waals surface area contributed by atoms with Gasteiger partial charge in [0.15, 0.2) is 0 Å². The van der Waals surface area contributed by atoms with Gasteiger partial charge in [0.05, 0.1) is 18.4 Å². The van der Waals surface area contributed by atoms with Gasteiger partial charge in [-0.3, -0.25) is 9.59 Å². The van der Waals surface area contributed by atoms with Gasteiger partial charge in [-0.15, -0.1) is 0 Å². The molecule has 0 spiro atoms. The molecule has 0 bridgehead atoms. The Kier molecular flexibility index (Phi) is 6.93. The highest BCUT2D eigenvalue weighted by molar-refractivity contribution is 6.46. The number of benzene rings is 2. The number of rotatable bonds is 9. The van der Waals surface area contributed by atoms with Crippen molar-refractivity contribution >= 4 is 17.4 Å². The number of likely N-dealkylation sites (tertiary alicyclic amines) is 1. The van der Waals surface area contributed by atoms with Crippen LogP contribution >= 0.6 is 0 Å². The number of Topliss-reactive ketones (excluding diaryl/α,β-unsaturated/α-hetero) is 1. The molecule has 1 amide bonds. The van der Waals surface area contributed by atoms with Crippen molar-refractivity contribution in [2.24, 2.45) is 0 Å². The van der Waals surface area contributed by atoms with Crippen LogP contribution in [0.15, 0.2) is 83.0 Å². The lowest BCUT2D eigenvalue weighted by atomic mass is 9.99. The fraction of sp³-hybridized carbons (Fsp3) is 0.259. The van der Waals surface area contributed by atoms with E-state index in [0.717, 1.165) is 18.4 Å². The summed E-state index contributed by atoms with van der Waals surface area (Å²) in [5.74, 6) is -0.582. The number of amides is 1. The molecule has 170 valence electrons. The number of aliphatic hydroxyl groups is 1. The first-order chi connectivity index (χ1) is 16.1. The number of unbranched alkanes of at least 4 members (excludes halogenated alkanes) is 1. The van der Waals surface area contributed by atoms with Crippen molar-refractivity contribution in [3.8, 4) is 5.75 Å². The number of hydrogen-bond acceptors (Lipinski definition) is 5. The van der Waals surface area contributed by atoms with Crippen LogP contribution in [-0.4, -0.2) is 34.8 Å². The molecule has 6 nitrogen and oxygen atoms in total.